The number of nitrogens with two attached hydrogens (primary N) is 1. The van der Waals surface area contributed by atoms with Crippen molar-refractivity contribution in [3.63, 3.8) is 0 Å². The number of alkyl halides is 3. The van der Waals surface area contributed by atoms with Gasteiger partial charge in [-0.15, -0.1) is 0 Å². The molecule has 1 aliphatic heterocycles. The molecule has 3 aromatic rings. The number of piperazine rings is 1. The Labute approximate surface area is 182 Å². The van der Waals surface area contributed by atoms with Crippen molar-refractivity contribution in [2.45, 2.75) is 38.1 Å². The summed E-state index contributed by atoms with van der Waals surface area (Å²) in [7, 11) is 0. The minimum Gasteiger partial charge on any atom is -0.404 e. The van der Waals surface area contributed by atoms with Crippen LogP contribution in [0.3, 0.4) is 0 Å². The number of imidazole rings is 1. The molecule has 1 aliphatic rings. The number of fused-ring (bicyclic) bond motifs is 1. The zero-order valence-electron chi connectivity index (χ0n) is 17.5. The van der Waals surface area contributed by atoms with Crippen molar-refractivity contribution in [1.29, 1.82) is 5.41 Å². The highest BCUT2D eigenvalue weighted by Gasteiger charge is 2.34. The molecule has 4 N–H and O–H groups in total. The Morgan fingerprint density at radius 3 is 2.72 bits per heavy atom. The van der Waals surface area contributed by atoms with Crippen LogP contribution >= 0.6 is 0 Å². The molecule has 11 heteroatoms. The minimum atomic E-state index is -4.47. The van der Waals surface area contributed by atoms with Gasteiger partial charge in [0.15, 0.2) is 5.82 Å². The summed E-state index contributed by atoms with van der Waals surface area (Å²) < 4.78 is 40.9. The second-order valence-corrected chi connectivity index (χ2v) is 7.77. The number of aromatic nitrogens is 4. The van der Waals surface area contributed by atoms with Crippen LogP contribution in [0.2, 0.25) is 0 Å². The van der Waals surface area contributed by atoms with Gasteiger partial charge in [-0.2, -0.15) is 13.2 Å². The fraction of sp³-hybridized carbons (Fsp3) is 0.333. The lowest BCUT2D eigenvalue weighted by molar-refractivity contribution is -0.137. The first-order chi connectivity index (χ1) is 15.2. The summed E-state index contributed by atoms with van der Waals surface area (Å²) >= 11 is 0. The van der Waals surface area contributed by atoms with Crippen LogP contribution in [0.5, 0.6) is 0 Å². The highest BCUT2D eigenvalue weighted by molar-refractivity contribution is 5.78. The predicted molar refractivity (Wildman–Crippen MR) is 115 cm³/mol. The molecule has 0 unspecified atom stereocenters. The van der Waals surface area contributed by atoms with Crippen LogP contribution in [0.15, 0.2) is 48.6 Å². The number of nitrogens with one attached hydrogen (secondary N) is 2. The van der Waals surface area contributed by atoms with Gasteiger partial charge in [0, 0.05) is 49.0 Å². The van der Waals surface area contributed by atoms with Crippen molar-refractivity contribution in [1.82, 2.24) is 24.7 Å². The zero-order valence-corrected chi connectivity index (χ0v) is 17.5. The maximum atomic E-state index is 13.2. The fourth-order valence-corrected chi connectivity index (χ4v) is 4.00. The molecule has 1 saturated heterocycles. The Morgan fingerprint density at radius 2 is 2.03 bits per heavy atom. The molecule has 0 bridgehead atoms. The van der Waals surface area contributed by atoms with E-state index in [1.165, 1.54) is 29.1 Å². The molecule has 3 aromatic heterocycles. The number of pyridine rings is 1. The first-order valence-electron chi connectivity index (χ1n) is 10.1. The molecule has 3 atom stereocenters. The van der Waals surface area contributed by atoms with E-state index < -0.39 is 11.7 Å². The molecule has 0 spiro atoms. The van der Waals surface area contributed by atoms with E-state index in [-0.39, 0.29) is 23.9 Å². The van der Waals surface area contributed by atoms with Crippen LogP contribution < -0.4 is 16.0 Å². The summed E-state index contributed by atoms with van der Waals surface area (Å²) in [5.41, 5.74) is 6.32. The van der Waals surface area contributed by atoms with Crippen LogP contribution in [0, 0.1) is 5.41 Å². The van der Waals surface area contributed by atoms with Gasteiger partial charge in [-0.05, 0) is 32.0 Å². The summed E-state index contributed by atoms with van der Waals surface area (Å²) in [6.45, 7) is 4.67. The Balaban J connectivity index is 1.73. The summed E-state index contributed by atoms with van der Waals surface area (Å²) in [6, 6.07) is 3.91. The summed E-state index contributed by atoms with van der Waals surface area (Å²) in [5, 5.41) is 11.1. The molecule has 4 heterocycles. The third-order valence-electron chi connectivity index (χ3n) is 5.62. The maximum Gasteiger partial charge on any atom is 0.417 e. The summed E-state index contributed by atoms with van der Waals surface area (Å²) in [4.78, 5) is 15.2. The van der Waals surface area contributed by atoms with Gasteiger partial charge in [-0.3, -0.25) is 4.40 Å². The number of rotatable bonds is 4. The average molecular weight is 444 g/mol. The van der Waals surface area contributed by atoms with E-state index in [0.29, 0.717) is 29.3 Å². The Bertz CT molecular complexity index is 1170. The first kappa shape index (κ1) is 21.8. The van der Waals surface area contributed by atoms with E-state index in [4.69, 9.17) is 11.1 Å². The van der Waals surface area contributed by atoms with Crippen molar-refractivity contribution in [3.8, 4) is 11.5 Å². The molecule has 0 aliphatic carbocycles. The Hall–Kier alpha value is -3.47. The molecule has 0 amide bonds. The maximum absolute atomic E-state index is 13.2. The lowest BCUT2D eigenvalue weighted by Gasteiger charge is -2.44. The Morgan fingerprint density at radius 1 is 1.25 bits per heavy atom. The summed E-state index contributed by atoms with van der Waals surface area (Å²) in [5.74, 6) is 0.898. The fourth-order valence-electron chi connectivity index (χ4n) is 4.00. The van der Waals surface area contributed by atoms with Crippen LogP contribution in [-0.4, -0.2) is 50.2 Å². The zero-order chi connectivity index (χ0) is 23.0. The quantitative estimate of drug-likeness (QED) is 0.534. The third-order valence-corrected chi connectivity index (χ3v) is 5.62. The first-order valence-corrected chi connectivity index (χ1v) is 10.1. The number of hydrogen-bond acceptors (Lipinski definition) is 7. The third kappa shape index (κ3) is 3.91. The average Bonchev–Trinajstić information content (AvgIpc) is 3.19. The molecule has 4 rings (SSSR count). The number of halogens is 3. The van der Waals surface area contributed by atoms with Crippen LogP contribution in [0.1, 0.15) is 19.4 Å². The molecule has 168 valence electrons. The van der Waals surface area contributed by atoms with Crippen molar-refractivity contribution in [3.05, 3.63) is 54.1 Å². The smallest absolute Gasteiger partial charge is 0.404 e. The summed E-state index contributed by atoms with van der Waals surface area (Å²) in [6.07, 6.45) is 2.22. The molecule has 0 aromatic carbocycles. The van der Waals surface area contributed by atoms with Gasteiger partial charge in [-0.1, -0.05) is 0 Å². The normalized spacial score (nSPS) is 22.3. The molecule has 1 fully saturated rings. The Kier molecular flexibility index (Phi) is 5.59. The van der Waals surface area contributed by atoms with Gasteiger partial charge in [0.05, 0.1) is 17.8 Å². The molecular formula is C21H23F3N8. The molecule has 8 nitrogen and oxygen atoms in total. The van der Waals surface area contributed by atoms with E-state index >= 15 is 0 Å². The number of nitrogens with zero attached hydrogens (tertiary/aromatic N) is 5. The van der Waals surface area contributed by atoms with Crippen LogP contribution in [-0.2, 0) is 6.18 Å². The van der Waals surface area contributed by atoms with Gasteiger partial charge in [0.25, 0.3) is 0 Å². The second-order valence-electron chi connectivity index (χ2n) is 7.77. The largest absolute Gasteiger partial charge is 0.417 e. The van der Waals surface area contributed by atoms with Crippen molar-refractivity contribution < 1.29 is 13.2 Å². The van der Waals surface area contributed by atoms with Crippen LogP contribution in [0.25, 0.3) is 17.2 Å². The highest BCUT2D eigenvalue weighted by Crippen LogP contribution is 2.31. The van der Waals surface area contributed by atoms with E-state index in [2.05, 4.69) is 25.2 Å². The number of hydrogen-bond donors (Lipinski definition) is 3. The van der Waals surface area contributed by atoms with Gasteiger partial charge in [0.1, 0.15) is 17.2 Å². The van der Waals surface area contributed by atoms with E-state index in [1.54, 1.807) is 12.3 Å². The van der Waals surface area contributed by atoms with Gasteiger partial charge in [0.2, 0.25) is 0 Å². The monoisotopic (exact) mass is 444 g/mol. The predicted octanol–water partition coefficient (Wildman–Crippen LogP) is 2.86. The van der Waals surface area contributed by atoms with E-state index in [9.17, 15) is 13.2 Å². The molecule has 32 heavy (non-hydrogen) atoms. The van der Waals surface area contributed by atoms with Crippen molar-refractivity contribution in [2.24, 2.45) is 5.73 Å². The van der Waals surface area contributed by atoms with E-state index in [0.717, 1.165) is 12.3 Å². The lowest BCUT2D eigenvalue weighted by atomic mass is 9.96. The number of anilines is 1. The topological polar surface area (TPSA) is 108 Å². The second kappa shape index (κ2) is 8.23. The van der Waals surface area contributed by atoms with E-state index in [1.807, 2.05) is 13.8 Å². The van der Waals surface area contributed by atoms with Gasteiger partial charge < -0.3 is 21.4 Å². The standard InChI is InChI=1S/C21H23F3N8/c1-12-10-31(13(2)19(29-12)14(7-25)8-26)18-5-6-27-20(30-18)16-9-28-17-4-3-15(11-32(16)17)21(22,23)24/h3-9,11-13,19,25,29H,10,26H2,1-2H3/b14-8+,25-7?/t12-,13-,19-/m0/s1. The molecular weight excluding hydrogens is 421 g/mol. The SMILES string of the molecule is C[C@H]1CN(c2ccnc(-c3cnc4ccc(C(F)(F)F)cn34)n2)[C@@H](C)[C@@H](/C(C=N)=C/N)N1. The van der Waals surface area contributed by atoms with Crippen molar-refractivity contribution >= 4 is 17.7 Å². The molecule has 0 saturated carbocycles. The lowest BCUT2D eigenvalue weighted by Crippen LogP contribution is -2.61. The van der Waals surface area contributed by atoms with Gasteiger partial charge in [-0.25, -0.2) is 15.0 Å². The van der Waals surface area contributed by atoms with Crippen molar-refractivity contribution in [2.75, 3.05) is 11.4 Å². The van der Waals surface area contributed by atoms with Gasteiger partial charge >= 0.3 is 6.18 Å². The van der Waals surface area contributed by atoms with Crippen LogP contribution in [0.4, 0.5) is 19.0 Å². The highest BCUT2D eigenvalue weighted by atomic mass is 19.4. The molecule has 0 radical (unpaired) electrons. The minimum absolute atomic E-state index is 0.0793.